The van der Waals surface area contributed by atoms with Crippen LogP contribution >= 0.6 is 0 Å². The van der Waals surface area contributed by atoms with Crippen molar-refractivity contribution in [3.05, 3.63) is 41.5 Å². The molecular weight excluding hydrogens is 306 g/mol. The molecule has 1 heterocycles. The molecule has 5 heteroatoms. The van der Waals surface area contributed by atoms with Gasteiger partial charge in [0.2, 0.25) is 0 Å². The lowest BCUT2D eigenvalue weighted by molar-refractivity contribution is -0.272. The number of nitrogen functional groups attached to an aromatic ring is 1. The predicted octanol–water partition coefficient (Wildman–Crippen LogP) is 2.52. The van der Waals surface area contributed by atoms with Gasteiger partial charge in [0.1, 0.15) is 23.3 Å². The second-order valence-electron chi connectivity index (χ2n) is 5.39. The van der Waals surface area contributed by atoms with E-state index in [1.54, 1.807) is 12.1 Å². The van der Waals surface area contributed by atoms with E-state index in [0.717, 1.165) is 24.3 Å². The number of hydrogen-bond acceptors (Lipinski definition) is 4. The molecule has 2 aromatic carbocycles. The summed E-state index contributed by atoms with van der Waals surface area (Å²) in [5.41, 5.74) is 7.80. The molecule has 3 rings (SSSR count). The highest BCUT2D eigenvalue weighted by atomic mass is 32.2. The van der Waals surface area contributed by atoms with Crippen LogP contribution in [-0.4, -0.2) is 11.5 Å². The van der Waals surface area contributed by atoms with E-state index in [0.29, 0.717) is 16.0 Å². The van der Waals surface area contributed by atoms with E-state index in [2.05, 4.69) is 6.07 Å². The molecule has 4 nitrogen and oxygen atoms in total. The van der Waals surface area contributed by atoms with Crippen molar-refractivity contribution in [1.29, 1.82) is 10.5 Å². The number of hydrogen-bond donors (Lipinski definition) is 1. The van der Waals surface area contributed by atoms with Crippen LogP contribution in [0.3, 0.4) is 0 Å². The molecule has 0 spiro atoms. The first-order valence-corrected chi connectivity index (χ1v) is 8.95. The van der Waals surface area contributed by atoms with Crippen LogP contribution < -0.4 is 10.8 Å². The third kappa shape index (κ3) is 2.50. The molecule has 0 aliphatic carbocycles. The minimum absolute atomic E-state index is 0.0383. The molecule has 0 amide bonds. The van der Waals surface area contributed by atoms with E-state index in [4.69, 9.17) is 5.73 Å². The second kappa shape index (κ2) is 6.24. The van der Waals surface area contributed by atoms with Gasteiger partial charge in [-0.1, -0.05) is 30.3 Å². The van der Waals surface area contributed by atoms with E-state index >= 15 is 0 Å². The highest BCUT2D eigenvalue weighted by Crippen LogP contribution is 2.43. The van der Waals surface area contributed by atoms with Gasteiger partial charge in [-0.3, -0.25) is 0 Å². The Kier molecular flexibility index (Phi) is 4.14. The predicted molar refractivity (Wildman–Crippen MR) is 89.8 cm³/mol. The maximum Gasteiger partial charge on any atom is 0.172 e. The minimum atomic E-state index is -0.298. The van der Waals surface area contributed by atoms with Crippen LogP contribution in [0.1, 0.15) is 24.0 Å². The molecule has 114 valence electrons. The van der Waals surface area contributed by atoms with Crippen molar-refractivity contribution in [3.8, 4) is 29.0 Å². The lowest BCUT2D eigenvalue weighted by Gasteiger charge is -2.20. The average Bonchev–Trinajstić information content (AvgIpc) is 3.09. The van der Waals surface area contributed by atoms with Crippen LogP contribution in [0.4, 0.5) is 5.69 Å². The Morgan fingerprint density at radius 2 is 1.61 bits per heavy atom. The fourth-order valence-electron chi connectivity index (χ4n) is 2.98. The third-order valence-corrected chi connectivity index (χ3v) is 6.60. The maximum atomic E-state index is 12.9. The molecule has 23 heavy (non-hydrogen) atoms. The van der Waals surface area contributed by atoms with Crippen molar-refractivity contribution in [3.63, 3.8) is 0 Å². The maximum absolute atomic E-state index is 12.9. The molecular formula is C18H15N3OS. The zero-order chi connectivity index (χ0) is 16.4. The Morgan fingerprint density at radius 3 is 2.17 bits per heavy atom. The molecule has 1 saturated heterocycles. The third-order valence-electron chi connectivity index (χ3n) is 4.05. The van der Waals surface area contributed by atoms with Gasteiger partial charge in [-0.05, 0) is 24.2 Å². The Bertz CT molecular complexity index is 787. The van der Waals surface area contributed by atoms with Gasteiger partial charge in [0.25, 0.3) is 0 Å². The SMILES string of the molecule is N#Cc1c(N)c([S+]2CCCC2)c([O-])c(C#N)c1-c1ccccc1. The molecule has 1 aliphatic rings. The van der Waals surface area contributed by atoms with Crippen LogP contribution in [0.2, 0.25) is 0 Å². The second-order valence-corrected chi connectivity index (χ2v) is 7.61. The quantitative estimate of drug-likeness (QED) is 0.679. The molecule has 2 N–H and O–H groups in total. The summed E-state index contributed by atoms with van der Waals surface area (Å²) in [5, 5.41) is 32.0. The number of nitriles is 2. The largest absolute Gasteiger partial charge is 0.868 e. The normalized spacial score (nSPS) is 14.3. The molecule has 0 radical (unpaired) electrons. The summed E-state index contributed by atoms with van der Waals surface area (Å²) < 4.78 is 0. The minimum Gasteiger partial charge on any atom is -0.868 e. The number of rotatable bonds is 2. The van der Waals surface area contributed by atoms with Crippen molar-refractivity contribution >= 4 is 16.6 Å². The highest BCUT2D eigenvalue weighted by Gasteiger charge is 2.33. The van der Waals surface area contributed by atoms with Gasteiger partial charge in [-0.2, -0.15) is 10.5 Å². The average molecular weight is 321 g/mol. The molecule has 0 bridgehead atoms. The van der Waals surface area contributed by atoms with E-state index in [9.17, 15) is 15.6 Å². The van der Waals surface area contributed by atoms with Gasteiger partial charge in [0.15, 0.2) is 4.90 Å². The summed E-state index contributed by atoms with van der Waals surface area (Å²) >= 11 is 0. The molecule has 0 unspecified atom stereocenters. The number of anilines is 1. The topological polar surface area (TPSA) is 96.7 Å². The lowest BCUT2D eigenvalue weighted by atomic mass is 9.93. The van der Waals surface area contributed by atoms with Crippen molar-refractivity contribution in [2.75, 3.05) is 17.2 Å². The first-order chi connectivity index (χ1) is 11.2. The Balaban J connectivity index is 2.34. The summed E-state index contributed by atoms with van der Waals surface area (Å²) in [6.45, 7) is 0. The van der Waals surface area contributed by atoms with Gasteiger partial charge < -0.3 is 10.8 Å². The molecule has 0 atom stereocenters. The zero-order valence-corrected chi connectivity index (χ0v) is 13.3. The smallest absolute Gasteiger partial charge is 0.172 e. The van der Waals surface area contributed by atoms with Gasteiger partial charge in [-0.15, -0.1) is 0 Å². The van der Waals surface area contributed by atoms with E-state index in [1.165, 1.54) is 0 Å². The first-order valence-electron chi connectivity index (χ1n) is 7.38. The molecule has 1 aliphatic heterocycles. The van der Waals surface area contributed by atoms with E-state index < -0.39 is 0 Å². The van der Waals surface area contributed by atoms with Crippen molar-refractivity contribution in [2.24, 2.45) is 0 Å². The number of benzene rings is 2. The van der Waals surface area contributed by atoms with Crippen LogP contribution in [0.25, 0.3) is 11.1 Å². The molecule has 2 aromatic rings. The van der Waals surface area contributed by atoms with Crippen LogP contribution in [-0.2, 0) is 10.9 Å². The Labute approximate surface area is 138 Å². The summed E-state index contributed by atoms with van der Waals surface area (Å²) in [5.74, 6) is 1.53. The van der Waals surface area contributed by atoms with E-state index in [-0.39, 0.29) is 33.5 Å². The first kappa shape index (κ1) is 15.3. The van der Waals surface area contributed by atoms with Gasteiger partial charge in [0, 0.05) is 16.5 Å². The molecule has 1 fully saturated rings. The summed E-state index contributed by atoms with van der Waals surface area (Å²) in [6.07, 6.45) is 2.12. The lowest BCUT2D eigenvalue weighted by Crippen LogP contribution is -2.15. The summed E-state index contributed by atoms with van der Waals surface area (Å²) in [6, 6.07) is 13.2. The van der Waals surface area contributed by atoms with Gasteiger partial charge >= 0.3 is 0 Å². The summed E-state index contributed by atoms with van der Waals surface area (Å²) in [4.78, 5) is 0.496. The standard InChI is InChI=1S/C18H15N3OS/c19-10-13-15(12-6-2-1-3-7-12)14(11-20)17(22)18(16(13)21)23-8-4-5-9-23/h1-3,6-7H,4-5,8-9,21H2. The van der Waals surface area contributed by atoms with Gasteiger partial charge in [0.05, 0.1) is 17.2 Å². The van der Waals surface area contributed by atoms with Crippen LogP contribution in [0, 0.1) is 22.7 Å². The monoisotopic (exact) mass is 321 g/mol. The van der Waals surface area contributed by atoms with Crippen molar-refractivity contribution < 1.29 is 5.11 Å². The van der Waals surface area contributed by atoms with Gasteiger partial charge in [-0.25, -0.2) is 0 Å². The Hall–Kier alpha value is -2.63. The fraction of sp³-hybridized carbons (Fsp3) is 0.222. The molecule has 0 saturated carbocycles. The Morgan fingerprint density at radius 1 is 1.00 bits per heavy atom. The van der Waals surface area contributed by atoms with Crippen LogP contribution in [0.5, 0.6) is 5.75 Å². The van der Waals surface area contributed by atoms with Crippen molar-refractivity contribution in [1.82, 2.24) is 0 Å². The number of nitrogens with zero attached hydrogens (tertiary/aromatic N) is 2. The highest BCUT2D eigenvalue weighted by molar-refractivity contribution is 7.97. The van der Waals surface area contributed by atoms with Crippen molar-refractivity contribution in [2.45, 2.75) is 17.7 Å². The van der Waals surface area contributed by atoms with Crippen LogP contribution in [0.15, 0.2) is 35.2 Å². The number of nitrogens with two attached hydrogens (primary N) is 1. The fourth-order valence-corrected chi connectivity index (χ4v) is 5.48. The zero-order valence-electron chi connectivity index (χ0n) is 12.5. The summed E-state index contributed by atoms with van der Waals surface area (Å²) in [7, 11) is -0.242. The molecule has 0 aromatic heterocycles. The van der Waals surface area contributed by atoms with E-state index in [1.807, 2.05) is 24.3 Å².